The van der Waals surface area contributed by atoms with Gasteiger partial charge in [0, 0.05) is 7.11 Å². The average molecular weight is 157 g/mol. The maximum atomic E-state index is 4.99. The van der Waals surface area contributed by atoms with E-state index in [9.17, 15) is 0 Å². The molecule has 0 radical (unpaired) electrons. The highest BCUT2D eigenvalue weighted by Gasteiger charge is 2.02. The quantitative estimate of drug-likeness (QED) is 0.654. The van der Waals surface area contributed by atoms with Crippen LogP contribution in [0.2, 0.25) is 0 Å². The van der Waals surface area contributed by atoms with Crippen LogP contribution in [0.15, 0.2) is 0 Å². The number of thiazole rings is 1. The first-order valence-corrected chi connectivity index (χ1v) is 3.97. The van der Waals surface area contributed by atoms with Crippen LogP contribution in [0.3, 0.4) is 0 Å². The number of nitrogens with zero attached hydrogens (tertiary/aromatic N) is 1. The topological polar surface area (TPSA) is 22.1 Å². The number of rotatable bonds is 2. The van der Waals surface area contributed by atoms with Gasteiger partial charge in [-0.25, -0.2) is 4.98 Å². The van der Waals surface area contributed by atoms with Crippen LogP contribution in [0.5, 0.6) is 0 Å². The van der Waals surface area contributed by atoms with Crippen molar-refractivity contribution in [3.05, 3.63) is 15.6 Å². The molecule has 56 valence electrons. The lowest BCUT2D eigenvalue weighted by molar-refractivity contribution is 0.187. The first-order chi connectivity index (χ1) is 4.74. The summed E-state index contributed by atoms with van der Waals surface area (Å²) in [6, 6.07) is 0. The molecule has 0 saturated heterocycles. The Hall–Kier alpha value is -0.410. The van der Waals surface area contributed by atoms with Crippen molar-refractivity contribution in [2.45, 2.75) is 20.5 Å². The molecule has 0 unspecified atom stereocenters. The molecule has 0 aromatic carbocycles. The fraction of sp³-hybridized carbons (Fsp3) is 0.571. The minimum atomic E-state index is 0.692. The van der Waals surface area contributed by atoms with Crippen LogP contribution in [0.1, 0.15) is 15.6 Å². The molecular weight excluding hydrogens is 146 g/mol. The van der Waals surface area contributed by atoms with Crippen molar-refractivity contribution in [3.63, 3.8) is 0 Å². The van der Waals surface area contributed by atoms with Gasteiger partial charge in [-0.1, -0.05) is 0 Å². The zero-order valence-electron chi connectivity index (χ0n) is 6.47. The van der Waals surface area contributed by atoms with Crippen molar-refractivity contribution >= 4 is 11.3 Å². The molecular formula is C7H11NOS. The fourth-order valence-corrected chi connectivity index (χ4v) is 1.75. The summed E-state index contributed by atoms with van der Waals surface area (Å²) in [5.41, 5.74) is 1.10. The lowest BCUT2D eigenvalue weighted by atomic mass is 10.4. The van der Waals surface area contributed by atoms with Gasteiger partial charge in [0.25, 0.3) is 0 Å². The molecule has 1 rings (SSSR count). The summed E-state index contributed by atoms with van der Waals surface area (Å²) in [5, 5.41) is 1.12. The molecule has 3 heteroatoms. The Kier molecular flexibility index (Phi) is 2.40. The Labute approximate surface area is 64.9 Å². The molecule has 0 amide bonds. The summed E-state index contributed by atoms with van der Waals surface area (Å²) in [4.78, 5) is 5.50. The molecule has 10 heavy (non-hydrogen) atoms. The Bertz CT molecular complexity index is 219. The van der Waals surface area contributed by atoms with Crippen LogP contribution in [-0.2, 0) is 11.3 Å². The number of aryl methyl sites for hydroxylation is 2. The summed E-state index contributed by atoms with van der Waals surface area (Å²) in [6.45, 7) is 4.71. The molecule has 0 saturated carbocycles. The molecule has 0 spiro atoms. The predicted molar refractivity (Wildman–Crippen MR) is 42.3 cm³/mol. The van der Waals surface area contributed by atoms with E-state index in [0.29, 0.717) is 6.61 Å². The van der Waals surface area contributed by atoms with Crippen LogP contribution in [0.4, 0.5) is 0 Å². The third-order valence-electron chi connectivity index (χ3n) is 1.28. The maximum absolute atomic E-state index is 4.99. The second-order valence-corrected chi connectivity index (χ2v) is 3.46. The molecule has 0 bridgehead atoms. The van der Waals surface area contributed by atoms with Gasteiger partial charge in [0.2, 0.25) is 0 Å². The lowest BCUT2D eigenvalue weighted by Crippen LogP contribution is -1.85. The van der Waals surface area contributed by atoms with Crippen LogP contribution in [-0.4, -0.2) is 12.1 Å². The van der Waals surface area contributed by atoms with E-state index in [1.165, 1.54) is 4.88 Å². The molecule has 0 atom stereocenters. The summed E-state index contributed by atoms with van der Waals surface area (Å²) in [6.07, 6.45) is 0. The van der Waals surface area contributed by atoms with Crippen LogP contribution >= 0.6 is 11.3 Å². The Morgan fingerprint density at radius 2 is 2.20 bits per heavy atom. The number of ether oxygens (including phenoxy) is 1. The van der Waals surface area contributed by atoms with Gasteiger partial charge in [0.1, 0.15) is 0 Å². The highest BCUT2D eigenvalue weighted by atomic mass is 32.1. The molecule has 0 aliphatic carbocycles. The van der Waals surface area contributed by atoms with E-state index in [2.05, 4.69) is 4.98 Å². The molecule has 0 fully saturated rings. The standard InChI is InChI=1S/C7H11NOS/c1-5-7(4-9-3)10-6(2)8-5/h4H2,1-3H3. The minimum absolute atomic E-state index is 0.692. The summed E-state index contributed by atoms with van der Waals surface area (Å²) < 4.78 is 4.99. The molecule has 0 aliphatic heterocycles. The van der Waals surface area contributed by atoms with Gasteiger partial charge in [-0.2, -0.15) is 0 Å². The highest BCUT2D eigenvalue weighted by Crippen LogP contribution is 2.17. The van der Waals surface area contributed by atoms with E-state index in [0.717, 1.165) is 10.7 Å². The van der Waals surface area contributed by atoms with Gasteiger partial charge < -0.3 is 4.74 Å². The van der Waals surface area contributed by atoms with Gasteiger partial charge in [0.15, 0.2) is 0 Å². The number of hydrogen-bond donors (Lipinski definition) is 0. The normalized spacial score (nSPS) is 10.3. The zero-order valence-corrected chi connectivity index (χ0v) is 7.29. The van der Waals surface area contributed by atoms with Crippen LogP contribution in [0, 0.1) is 13.8 Å². The second-order valence-electron chi connectivity index (χ2n) is 2.17. The SMILES string of the molecule is COCc1sc(C)nc1C. The van der Waals surface area contributed by atoms with Crippen molar-refractivity contribution in [1.29, 1.82) is 0 Å². The van der Waals surface area contributed by atoms with Crippen molar-refractivity contribution < 1.29 is 4.74 Å². The van der Waals surface area contributed by atoms with E-state index in [1.54, 1.807) is 18.4 Å². The van der Waals surface area contributed by atoms with Crippen LogP contribution < -0.4 is 0 Å². The predicted octanol–water partition coefficient (Wildman–Crippen LogP) is 1.91. The molecule has 1 heterocycles. The fourth-order valence-electron chi connectivity index (χ4n) is 0.838. The minimum Gasteiger partial charge on any atom is -0.379 e. The molecule has 0 aliphatic rings. The smallest absolute Gasteiger partial charge is 0.0900 e. The molecule has 2 nitrogen and oxygen atoms in total. The third kappa shape index (κ3) is 1.55. The summed E-state index contributed by atoms with van der Waals surface area (Å²) >= 11 is 1.70. The van der Waals surface area contributed by atoms with E-state index in [4.69, 9.17) is 4.74 Å². The molecule has 1 aromatic heterocycles. The van der Waals surface area contributed by atoms with Gasteiger partial charge in [-0.15, -0.1) is 11.3 Å². The average Bonchev–Trinajstić information content (AvgIpc) is 2.13. The maximum Gasteiger partial charge on any atom is 0.0900 e. The lowest BCUT2D eigenvalue weighted by Gasteiger charge is -1.92. The Morgan fingerprint density at radius 1 is 1.50 bits per heavy atom. The van der Waals surface area contributed by atoms with E-state index in [-0.39, 0.29) is 0 Å². The van der Waals surface area contributed by atoms with Crippen molar-refractivity contribution in [2.24, 2.45) is 0 Å². The third-order valence-corrected chi connectivity index (χ3v) is 2.32. The Morgan fingerprint density at radius 3 is 2.60 bits per heavy atom. The Balaban J connectivity index is 2.81. The molecule has 1 aromatic rings. The number of aromatic nitrogens is 1. The van der Waals surface area contributed by atoms with Crippen molar-refractivity contribution in [1.82, 2.24) is 4.98 Å². The van der Waals surface area contributed by atoms with E-state index >= 15 is 0 Å². The molecule has 0 N–H and O–H groups in total. The largest absolute Gasteiger partial charge is 0.379 e. The number of hydrogen-bond acceptors (Lipinski definition) is 3. The first-order valence-electron chi connectivity index (χ1n) is 3.16. The zero-order chi connectivity index (χ0) is 7.56. The highest BCUT2D eigenvalue weighted by molar-refractivity contribution is 7.11. The van der Waals surface area contributed by atoms with Gasteiger partial charge in [0.05, 0.1) is 22.2 Å². The summed E-state index contributed by atoms with van der Waals surface area (Å²) in [7, 11) is 1.70. The van der Waals surface area contributed by atoms with Gasteiger partial charge in [-0.05, 0) is 13.8 Å². The van der Waals surface area contributed by atoms with Gasteiger partial charge >= 0.3 is 0 Å². The van der Waals surface area contributed by atoms with Crippen molar-refractivity contribution in [2.75, 3.05) is 7.11 Å². The summed E-state index contributed by atoms with van der Waals surface area (Å²) in [5.74, 6) is 0. The number of methoxy groups -OCH3 is 1. The second kappa shape index (κ2) is 3.12. The van der Waals surface area contributed by atoms with E-state index < -0.39 is 0 Å². The van der Waals surface area contributed by atoms with Gasteiger partial charge in [-0.3, -0.25) is 0 Å². The monoisotopic (exact) mass is 157 g/mol. The first kappa shape index (κ1) is 7.69. The van der Waals surface area contributed by atoms with E-state index in [1.807, 2.05) is 13.8 Å². The van der Waals surface area contributed by atoms with Crippen molar-refractivity contribution in [3.8, 4) is 0 Å². The van der Waals surface area contributed by atoms with Crippen LogP contribution in [0.25, 0.3) is 0 Å².